The van der Waals surface area contributed by atoms with Crippen molar-refractivity contribution in [3.05, 3.63) is 0 Å². The lowest BCUT2D eigenvalue weighted by Gasteiger charge is -2.29. The van der Waals surface area contributed by atoms with Gasteiger partial charge in [0.05, 0.1) is 18.8 Å². The summed E-state index contributed by atoms with van der Waals surface area (Å²) in [5, 5.41) is 18.5. The maximum Gasteiger partial charge on any atom is 0.321 e. The van der Waals surface area contributed by atoms with Crippen LogP contribution in [0.5, 0.6) is 0 Å². The van der Waals surface area contributed by atoms with E-state index in [2.05, 4.69) is 0 Å². The van der Waals surface area contributed by atoms with Gasteiger partial charge in [-0.2, -0.15) is 11.8 Å². The van der Waals surface area contributed by atoms with E-state index in [1.807, 2.05) is 13.8 Å². The van der Waals surface area contributed by atoms with Gasteiger partial charge >= 0.3 is 5.97 Å². The van der Waals surface area contributed by atoms with Crippen LogP contribution in [0.25, 0.3) is 0 Å². The van der Waals surface area contributed by atoms with E-state index >= 15 is 0 Å². The van der Waals surface area contributed by atoms with Crippen LogP contribution in [0.2, 0.25) is 0 Å². The first-order valence-corrected chi connectivity index (χ1v) is 6.57. The van der Waals surface area contributed by atoms with Gasteiger partial charge in [-0.1, -0.05) is 0 Å². The molecule has 0 aromatic carbocycles. The Balaban J connectivity index is 4.04. The fourth-order valence-corrected chi connectivity index (χ4v) is 2.05. The predicted octanol–water partition coefficient (Wildman–Crippen LogP) is 0.696. The number of rotatable bonds is 8. The van der Waals surface area contributed by atoms with Crippen molar-refractivity contribution in [2.75, 3.05) is 12.4 Å². The molecule has 0 saturated carbocycles. The highest BCUT2D eigenvalue weighted by molar-refractivity contribution is 8.00. The number of carbonyl (C=O) groups is 1. The Morgan fingerprint density at radius 1 is 1.47 bits per heavy atom. The number of hydrogen-bond donors (Lipinski definition) is 3. The summed E-state index contributed by atoms with van der Waals surface area (Å²) >= 11 is 1.34. The van der Waals surface area contributed by atoms with E-state index in [9.17, 15) is 9.90 Å². The molecule has 0 aromatic heterocycles. The lowest BCUT2D eigenvalue weighted by molar-refractivity contribution is -0.139. The van der Waals surface area contributed by atoms with E-state index in [1.165, 1.54) is 11.8 Å². The third-order valence-corrected chi connectivity index (χ3v) is 3.83. The Hall–Kier alpha value is -0.300. The molecule has 0 radical (unpaired) electrons. The van der Waals surface area contributed by atoms with Gasteiger partial charge in [0.2, 0.25) is 0 Å². The van der Waals surface area contributed by atoms with E-state index in [-0.39, 0.29) is 12.7 Å². The normalized spacial score (nSPS) is 15.9. The molecule has 0 spiro atoms. The van der Waals surface area contributed by atoms with Crippen LogP contribution in [0.4, 0.5) is 0 Å². The van der Waals surface area contributed by atoms with Gasteiger partial charge in [0.25, 0.3) is 0 Å². The van der Waals surface area contributed by atoms with Gasteiger partial charge < -0.3 is 20.7 Å². The number of aliphatic hydroxyl groups excluding tert-OH is 1. The molecule has 4 N–H and O–H groups in total. The second-order valence-electron chi connectivity index (χ2n) is 4.77. The number of aliphatic hydroxyl groups is 1. The monoisotopic (exact) mass is 265 g/mol. The maximum absolute atomic E-state index is 10.8. The summed E-state index contributed by atoms with van der Waals surface area (Å²) in [5.41, 5.74) is 5.57. The molecular weight excluding hydrogens is 242 g/mol. The quantitative estimate of drug-likeness (QED) is 0.598. The number of carboxylic acids is 1. The number of thioether (sulfide) groups is 1. The Morgan fingerprint density at radius 2 is 2.00 bits per heavy atom. The highest BCUT2D eigenvalue weighted by atomic mass is 32.2. The molecule has 0 aliphatic rings. The van der Waals surface area contributed by atoms with Gasteiger partial charge in [-0.25, -0.2) is 0 Å². The van der Waals surface area contributed by atoms with E-state index < -0.39 is 22.9 Å². The van der Waals surface area contributed by atoms with Crippen LogP contribution in [0.3, 0.4) is 0 Å². The molecule has 0 heterocycles. The minimum atomic E-state index is -1.03. The minimum absolute atomic E-state index is 0.0731. The molecule has 0 aliphatic carbocycles. The molecule has 17 heavy (non-hydrogen) atoms. The largest absolute Gasteiger partial charge is 0.480 e. The van der Waals surface area contributed by atoms with Crippen molar-refractivity contribution >= 4 is 17.7 Å². The average Bonchev–Trinajstić information content (AvgIpc) is 2.22. The van der Waals surface area contributed by atoms with Crippen molar-refractivity contribution < 1.29 is 19.7 Å². The van der Waals surface area contributed by atoms with Crippen LogP contribution < -0.4 is 5.73 Å². The second kappa shape index (κ2) is 7.20. The molecule has 5 nitrogen and oxygen atoms in total. The molecule has 0 saturated heterocycles. The Labute approximate surface area is 107 Å². The van der Waals surface area contributed by atoms with Crippen molar-refractivity contribution in [1.82, 2.24) is 0 Å². The van der Waals surface area contributed by atoms with Gasteiger partial charge in [0.1, 0.15) is 6.04 Å². The van der Waals surface area contributed by atoms with Crippen molar-refractivity contribution in [3.8, 4) is 0 Å². The maximum atomic E-state index is 10.8. The summed E-state index contributed by atoms with van der Waals surface area (Å²) in [5.74, 6) is -0.629. The van der Waals surface area contributed by atoms with Crippen molar-refractivity contribution in [2.24, 2.45) is 5.73 Å². The molecule has 0 amide bonds. The third kappa shape index (κ3) is 6.88. The Kier molecular flexibility index (Phi) is 7.08. The first-order valence-electron chi connectivity index (χ1n) is 5.58. The van der Waals surface area contributed by atoms with E-state index in [1.54, 1.807) is 13.8 Å². The lowest BCUT2D eigenvalue weighted by atomic mass is 10.1. The fraction of sp³-hybridized carbons (Fsp3) is 0.909. The van der Waals surface area contributed by atoms with Crippen LogP contribution in [0.15, 0.2) is 0 Å². The molecule has 0 aromatic rings. The number of carboxylic acid groups (broad SMARTS) is 1. The van der Waals surface area contributed by atoms with Crippen molar-refractivity contribution in [3.63, 3.8) is 0 Å². The van der Waals surface area contributed by atoms with Gasteiger partial charge in [-0.15, -0.1) is 0 Å². The number of aliphatic carboxylic acids is 1. The summed E-state index contributed by atoms with van der Waals surface area (Å²) in [7, 11) is 0. The van der Waals surface area contributed by atoms with Gasteiger partial charge in [0, 0.05) is 10.5 Å². The summed E-state index contributed by atoms with van der Waals surface area (Å²) in [6, 6.07) is -0.953. The van der Waals surface area contributed by atoms with E-state index in [0.29, 0.717) is 5.75 Å². The number of nitrogens with two attached hydrogens (primary N) is 1. The van der Waals surface area contributed by atoms with Crippen LogP contribution in [0, 0.1) is 0 Å². The summed E-state index contributed by atoms with van der Waals surface area (Å²) in [6.07, 6.45) is -0.536. The molecule has 102 valence electrons. The highest BCUT2D eigenvalue weighted by Crippen LogP contribution is 2.28. The molecular formula is C11H23NO4S. The van der Waals surface area contributed by atoms with Crippen LogP contribution in [0.1, 0.15) is 27.7 Å². The zero-order valence-electron chi connectivity index (χ0n) is 10.8. The Bertz CT molecular complexity index is 246. The molecule has 0 rings (SSSR count). The fourth-order valence-electron chi connectivity index (χ4n) is 1.05. The van der Waals surface area contributed by atoms with Crippen molar-refractivity contribution in [1.29, 1.82) is 0 Å². The lowest BCUT2D eigenvalue weighted by Crippen LogP contribution is -2.47. The number of ether oxygens (including phenoxy) is 1. The van der Waals surface area contributed by atoms with Gasteiger partial charge in [-0.3, -0.25) is 4.79 Å². The standard InChI is InChI=1S/C11H23NO4S/c1-7(2)16-5-8(13)6-17-11(3,4)9(12)10(14)15/h7-9,13H,5-6,12H2,1-4H3,(H,14,15)/t8?,9-/m1/s1. The average molecular weight is 265 g/mol. The topological polar surface area (TPSA) is 92.8 Å². The summed E-state index contributed by atoms with van der Waals surface area (Å²) in [6.45, 7) is 7.55. The van der Waals surface area contributed by atoms with E-state index in [4.69, 9.17) is 15.6 Å². The highest BCUT2D eigenvalue weighted by Gasteiger charge is 2.33. The van der Waals surface area contributed by atoms with Crippen LogP contribution >= 0.6 is 11.8 Å². The molecule has 0 bridgehead atoms. The van der Waals surface area contributed by atoms with Gasteiger partial charge in [-0.05, 0) is 27.7 Å². The zero-order chi connectivity index (χ0) is 13.6. The minimum Gasteiger partial charge on any atom is -0.480 e. The smallest absolute Gasteiger partial charge is 0.321 e. The first kappa shape index (κ1) is 16.7. The predicted molar refractivity (Wildman–Crippen MR) is 69.2 cm³/mol. The van der Waals surface area contributed by atoms with Gasteiger partial charge in [0.15, 0.2) is 0 Å². The molecule has 0 aliphatic heterocycles. The second-order valence-corrected chi connectivity index (χ2v) is 6.44. The third-order valence-electron chi connectivity index (χ3n) is 2.28. The number of hydrogen-bond acceptors (Lipinski definition) is 5. The summed E-state index contributed by atoms with van der Waals surface area (Å²) in [4.78, 5) is 10.8. The summed E-state index contributed by atoms with van der Waals surface area (Å²) < 4.78 is 4.65. The van der Waals surface area contributed by atoms with Crippen LogP contribution in [-0.4, -0.2) is 51.5 Å². The Morgan fingerprint density at radius 3 is 2.41 bits per heavy atom. The molecule has 1 unspecified atom stereocenters. The first-order chi connectivity index (χ1) is 7.66. The van der Waals surface area contributed by atoms with Crippen molar-refractivity contribution in [2.45, 2.75) is 50.7 Å². The van der Waals surface area contributed by atoms with E-state index in [0.717, 1.165) is 0 Å². The molecule has 6 heteroatoms. The molecule has 0 fully saturated rings. The zero-order valence-corrected chi connectivity index (χ0v) is 11.7. The SMILES string of the molecule is CC(C)OCC(O)CSC(C)(C)[C@H](N)C(=O)O. The van der Waals surface area contributed by atoms with Crippen LogP contribution in [-0.2, 0) is 9.53 Å². The molecule has 2 atom stereocenters.